The van der Waals surface area contributed by atoms with Crippen LogP contribution in [0.2, 0.25) is 0 Å². The molecule has 0 spiro atoms. The zero-order chi connectivity index (χ0) is 17.5. The van der Waals surface area contributed by atoms with Gasteiger partial charge in [0.05, 0.1) is 0 Å². The van der Waals surface area contributed by atoms with Crippen molar-refractivity contribution in [2.24, 2.45) is 0 Å². The Labute approximate surface area is 150 Å². The number of nitrogens with one attached hydrogen (secondary N) is 3. The van der Waals surface area contributed by atoms with E-state index in [0.29, 0.717) is 6.04 Å². The van der Waals surface area contributed by atoms with E-state index in [4.69, 9.17) is 0 Å². The van der Waals surface area contributed by atoms with E-state index in [1.54, 1.807) is 0 Å². The second-order valence-electron chi connectivity index (χ2n) is 6.79. The third-order valence-corrected chi connectivity index (χ3v) is 4.83. The highest BCUT2D eigenvalue weighted by Gasteiger charge is 2.15. The first-order valence-electron chi connectivity index (χ1n) is 9.17. The van der Waals surface area contributed by atoms with Gasteiger partial charge in [-0.2, -0.15) is 0 Å². The Hall–Kier alpha value is -2.49. The van der Waals surface area contributed by atoms with Crippen LogP contribution >= 0.6 is 0 Å². The predicted octanol–water partition coefficient (Wildman–Crippen LogP) is 5.06. The molecule has 0 radical (unpaired) electrons. The highest BCUT2D eigenvalue weighted by Crippen LogP contribution is 2.18. The highest BCUT2D eigenvalue weighted by molar-refractivity contribution is 5.89. The van der Waals surface area contributed by atoms with E-state index in [1.165, 1.54) is 30.4 Å². The number of aryl methyl sites for hydroxylation is 1. The number of carbonyl (C=O) groups excluding carboxylic acids is 1. The molecule has 132 valence electrons. The predicted molar refractivity (Wildman–Crippen MR) is 104 cm³/mol. The SMILES string of the molecule is Cc1ccccc1CNc1ccc(NC(=O)NC2CCCCC2)cc1. The second-order valence-corrected chi connectivity index (χ2v) is 6.79. The van der Waals surface area contributed by atoms with Gasteiger partial charge in [-0.3, -0.25) is 0 Å². The summed E-state index contributed by atoms with van der Waals surface area (Å²) in [5.41, 5.74) is 4.43. The lowest BCUT2D eigenvalue weighted by atomic mass is 9.96. The molecule has 1 aliphatic rings. The summed E-state index contributed by atoms with van der Waals surface area (Å²) in [6.45, 7) is 2.91. The van der Waals surface area contributed by atoms with Crippen molar-refractivity contribution < 1.29 is 4.79 Å². The van der Waals surface area contributed by atoms with Gasteiger partial charge in [0.2, 0.25) is 0 Å². The van der Waals surface area contributed by atoms with Gasteiger partial charge < -0.3 is 16.0 Å². The van der Waals surface area contributed by atoms with Crippen LogP contribution in [0.4, 0.5) is 16.2 Å². The molecule has 1 saturated carbocycles. The molecule has 4 heteroatoms. The largest absolute Gasteiger partial charge is 0.381 e. The van der Waals surface area contributed by atoms with Crippen LogP contribution in [0.25, 0.3) is 0 Å². The average Bonchev–Trinajstić information content (AvgIpc) is 2.63. The lowest BCUT2D eigenvalue weighted by Crippen LogP contribution is -2.38. The van der Waals surface area contributed by atoms with Crippen LogP contribution in [0.15, 0.2) is 48.5 Å². The maximum atomic E-state index is 12.1. The van der Waals surface area contributed by atoms with Crippen LogP contribution in [-0.2, 0) is 6.54 Å². The molecule has 25 heavy (non-hydrogen) atoms. The van der Waals surface area contributed by atoms with Crippen molar-refractivity contribution in [2.45, 2.75) is 51.6 Å². The van der Waals surface area contributed by atoms with Gasteiger partial charge in [0, 0.05) is 24.0 Å². The van der Waals surface area contributed by atoms with Crippen molar-refractivity contribution in [2.75, 3.05) is 10.6 Å². The average molecular weight is 337 g/mol. The number of anilines is 2. The molecular weight excluding hydrogens is 310 g/mol. The fourth-order valence-corrected chi connectivity index (χ4v) is 3.28. The number of rotatable bonds is 5. The molecule has 0 saturated heterocycles. The zero-order valence-electron chi connectivity index (χ0n) is 14.8. The van der Waals surface area contributed by atoms with Crippen LogP contribution < -0.4 is 16.0 Å². The van der Waals surface area contributed by atoms with E-state index in [9.17, 15) is 4.79 Å². The molecule has 1 aliphatic carbocycles. The molecule has 0 atom stereocenters. The lowest BCUT2D eigenvalue weighted by Gasteiger charge is -2.22. The van der Waals surface area contributed by atoms with Crippen LogP contribution in [0.5, 0.6) is 0 Å². The third kappa shape index (κ3) is 5.24. The molecule has 0 aromatic heterocycles. The topological polar surface area (TPSA) is 53.2 Å². The third-order valence-electron chi connectivity index (χ3n) is 4.83. The standard InChI is InChI=1S/C21H27N3O/c1-16-7-5-6-8-17(16)15-22-18-11-13-20(14-12-18)24-21(25)23-19-9-3-2-4-10-19/h5-8,11-14,19,22H,2-4,9-10,15H2,1H3,(H2,23,24,25). The molecular formula is C21H27N3O. The molecule has 0 bridgehead atoms. The summed E-state index contributed by atoms with van der Waals surface area (Å²) in [7, 11) is 0. The Kier molecular flexibility index (Phi) is 5.94. The van der Waals surface area contributed by atoms with Crippen molar-refractivity contribution >= 4 is 17.4 Å². The van der Waals surface area contributed by atoms with Crippen LogP contribution in [-0.4, -0.2) is 12.1 Å². The van der Waals surface area contributed by atoms with Crippen molar-refractivity contribution in [3.63, 3.8) is 0 Å². The molecule has 1 fully saturated rings. The summed E-state index contributed by atoms with van der Waals surface area (Å²) >= 11 is 0. The van der Waals surface area contributed by atoms with Gasteiger partial charge >= 0.3 is 6.03 Å². The van der Waals surface area contributed by atoms with Crippen molar-refractivity contribution in [1.82, 2.24) is 5.32 Å². The van der Waals surface area contributed by atoms with Gasteiger partial charge in [-0.1, -0.05) is 43.5 Å². The Balaban J connectivity index is 1.48. The minimum absolute atomic E-state index is 0.104. The summed E-state index contributed by atoms with van der Waals surface area (Å²) in [5, 5.41) is 9.41. The summed E-state index contributed by atoms with van der Waals surface area (Å²) in [6.07, 6.45) is 5.90. The van der Waals surface area contributed by atoms with Crippen molar-refractivity contribution in [3.05, 3.63) is 59.7 Å². The zero-order valence-corrected chi connectivity index (χ0v) is 14.8. The molecule has 3 rings (SSSR count). The number of benzene rings is 2. The Morgan fingerprint density at radius 3 is 2.36 bits per heavy atom. The van der Waals surface area contributed by atoms with Gasteiger partial charge in [-0.15, -0.1) is 0 Å². The highest BCUT2D eigenvalue weighted by atomic mass is 16.2. The van der Waals surface area contributed by atoms with Gasteiger partial charge in [-0.25, -0.2) is 4.79 Å². The summed E-state index contributed by atoms with van der Waals surface area (Å²) in [5.74, 6) is 0. The van der Waals surface area contributed by atoms with Crippen LogP contribution in [0, 0.1) is 6.92 Å². The monoisotopic (exact) mass is 337 g/mol. The number of hydrogen-bond acceptors (Lipinski definition) is 2. The maximum absolute atomic E-state index is 12.1. The summed E-state index contributed by atoms with van der Waals surface area (Å²) in [6, 6.07) is 16.4. The molecule has 0 heterocycles. The summed E-state index contributed by atoms with van der Waals surface area (Å²) < 4.78 is 0. The van der Waals surface area contributed by atoms with Gasteiger partial charge in [0.15, 0.2) is 0 Å². The minimum atomic E-state index is -0.104. The second kappa shape index (κ2) is 8.56. The van der Waals surface area contributed by atoms with E-state index >= 15 is 0 Å². The number of carbonyl (C=O) groups is 1. The fourth-order valence-electron chi connectivity index (χ4n) is 3.28. The molecule has 0 aliphatic heterocycles. The Morgan fingerprint density at radius 2 is 1.64 bits per heavy atom. The van der Waals surface area contributed by atoms with E-state index in [0.717, 1.165) is 30.8 Å². The van der Waals surface area contributed by atoms with Crippen LogP contribution in [0.3, 0.4) is 0 Å². The quantitative estimate of drug-likeness (QED) is 0.714. The number of hydrogen-bond donors (Lipinski definition) is 3. The maximum Gasteiger partial charge on any atom is 0.319 e. The summed E-state index contributed by atoms with van der Waals surface area (Å²) in [4.78, 5) is 12.1. The van der Waals surface area contributed by atoms with E-state index in [-0.39, 0.29) is 6.03 Å². The van der Waals surface area contributed by atoms with Crippen molar-refractivity contribution in [1.29, 1.82) is 0 Å². The molecule has 0 unspecified atom stereocenters. The molecule has 3 N–H and O–H groups in total. The fraction of sp³-hybridized carbons (Fsp3) is 0.381. The molecule has 2 aromatic rings. The lowest BCUT2D eigenvalue weighted by molar-refractivity contribution is 0.244. The smallest absolute Gasteiger partial charge is 0.319 e. The molecule has 2 amide bonds. The number of amides is 2. The first-order valence-corrected chi connectivity index (χ1v) is 9.17. The number of urea groups is 1. The minimum Gasteiger partial charge on any atom is -0.381 e. The van der Waals surface area contributed by atoms with E-state index in [2.05, 4.69) is 47.1 Å². The van der Waals surface area contributed by atoms with Crippen molar-refractivity contribution in [3.8, 4) is 0 Å². The van der Waals surface area contributed by atoms with Gasteiger partial charge in [-0.05, 0) is 55.2 Å². The molecule has 4 nitrogen and oxygen atoms in total. The Morgan fingerprint density at radius 1 is 0.960 bits per heavy atom. The first kappa shape index (κ1) is 17.3. The van der Waals surface area contributed by atoms with E-state index in [1.807, 2.05) is 24.3 Å². The Bertz CT molecular complexity index is 691. The van der Waals surface area contributed by atoms with Crippen LogP contribution in [0.1, 0.15) is 43.2 Å². The van der Waals surface area contributed by atoms with Gasteiger partial charge in [0.1, 0.15) is 0 Å². The first-order chi connectivity index (χ1) is 12.2. The van der Waals surface area contributed by atoms with E-state index < -0.39 is 0 Å². The normalized spacial score (nSPS) is 14.8. The molecule has 2 aromatic carbocycles. The van der Waals surface area contributed by atoms with Gasteiger partial charge in [0.25, 0.3) is 0 Å².